The molecule has 1 aliphatic rings. The summed E-state index contributed by atoms with van der Waals surface area (Å²) in [6.07, 6.45) is 3.56. The summed E-state index contributed by atoms with van der Waals surface area (Å²) in [5, 5.41) is 8.98. The predicted octanol–water partition coefficient (Wildman–Crippen LogP) is 1.42. The van der Waals surface area contributed by atoms with E-state index in [9.17, 15) is 4.79 Å². The second kappa shape index (κ2) is 7.75. The van der Waals surface area contributed by atoms with Crippen molar-refractivity contribution in [1.82, 2.24) is 29.4 Å². The van der Waals surface area contributed by atoms with Gasteiger partial charge in [0, 0.05) is 50.2 Å². The molecule has 1 N–H and O–H groups in total. The van der Waals surface area contributed by atoms with Crippen LogP contribution in [0.1, 0.15) is 25.7 Å². The number of aryl methyl sites for hydroxylation is 1. The van der Waals surface area contributed by atoms with Crippen LogP contribution in [-0.2, 0) is 4.79 Å². The van der Waals surface area contributed by atoms with Crippen LogP contribution in [0.4, 0.5) is 5.95 Å². The van der Waals surface area contributed by atoms with Crippen LogP contribution in [0.25, 0.3) is 22.4 Å². The summed E-state index contributed by atoms with van der Waals surface area (Å²) in [5.41, 5.74) is 3.40. The fourth-order valence-corrected chi connectivity index (χ4v) is 3.74. The maximum absolute atomic E-state index is 11.6. The number of carbonyl (C=O) groups is 1. The number of piperazine rings is 1. The fraction of sp³-hybridized carbons (Fsp3) is 0.450. The van der Waals surface area contributed by atoms with Crippen LogP contribution in [0, 0.1) is 6.92 Å². The van der Waals surface area contributed by atoms with Crippen LogP contribution >= 0.6 is 0 Å². The van der Waals surface area contributed by atoms with Gasteiger partial charge < -0.3 is 19.5 Å². The number of amides is 1. The van der Waals surface area contributed by atoms with Crippen molar-refractivity contribution in [1.29, 1.82) is 0 Å². The summed E-state index contributed by atoms with van der Waals surface area (Å²) >= 11 is 0. The molecule has 1 saturated heterocycles. The van der Waals surface area contributed by atoms with Gasteiger partial charge in [-0.1, -0.05) is 0 Å². The average molecular weight is 395 g/mol. The first-order valence-electron chi connectivity index (χ1n) is 9.79. The molecule has 0 saturated carbocycles. The number of hydrogen-bond donors (Lipinski definition) is 1. The van der Waals surface area contributed by atoms with Crippen LogP contribution in [0.3, 0.4) is 0 Å². The molecule has 1 aliphatic heterocycles. The third-order valence-corrected chi connectivity index (χ3v) is 5.21. The van der Waals surface area contributed by atoms with E-state index >= 15 is 0 Å². The van der Waals surface area contributed by atoms with Crippen molar-refractivity contribution < 1.29 is 9.90 Å². The molecule has 4 heterocycles. The molecular weight excluding hydrogens is 370 g/mol. The largest absolute Gasteiger partial charge is 0.387 e. The zero-order valence-corrected chi connectivity index (χ0v) is 16.9. The molecule has 0 spiro atoms. The Hall–Kier alpha value is -3.07. The van der Waals surface area contributed by atoms with Gasteiger partial charge in [0.15, 0.2) is 5.65 Å². The third-order valence-electron chi connectivity index (χ3n) is 5.21. The lowest BCUT2D eigenvalue weighted by atomic mass is 10.2. The minimum absolute atomic E-state index is 0.238. The average Bonchev–Trinajstić information content (AvgIpc) is 3.08. The monoisotopic (exact) mass is 395 g/mol. The highest BCUT2D eigenvalue weighted by atomic mass is 16.3. The molecule has 1 amide bonds. The van der Waals surface area contributed by atoms with Gasteiger partial charge in [0.25, 0.3) is 0 Å². The second-order valence-electron chi connectivity index (χ2n) is 7.46. The molecule has 0 unspecified atom stereocenters. The number of fused-ring (bicyclic) bond motifs is 1. The zero-order chi connectivity index (χ0) is 20.5. The molecule has 0 radical (unpaired) electrons. The number of nitrogens with zero attached hydrogens (tertiary/aromatic N) is 7. The number of aliphatic hydroxyl groups is 1. The highest BCUT2D eigenvalue weighted by molar-refractivity contribution is 5.77. The zero-order valence-electron chi connectivity index (χ0n) is 16.9. The van der Waals surface area contributed by atoms with Crippen molar-refractivity contribution in [3.8, 4) is 11.3 Å². The maximum atomic E-state index is 11.6. The van der Waals surface area contributed by atoms with Crippen LogP contribution in [0.2, 0.25) is 0 Å². The van der Waals surface area contributed by atoms with Gasteiger partial charge in [-0.15, -0.1) is 0 Å². The number of carbonyl (C=O) groups excluding carboxylic acids is 1. The van der Waals surface area contributed by atoms with Crippen molar-refractivity contribution in [2.45, 2.75) is 26.8 Å². The Bertz CT molecular complexity index is 1020. The van der Waals surface area contributed by atoms with Gasteiger partial charge in [-0.3, -0.25) is 4.79 Å². The van der Waals surface area contributed by atoms with Crippen molar-refractivity contribution in [3.05, 3.63) is 30.4 Å². The maximum Gasteiger partial charge on any atom is 0.248 e. The van der Waals surface area contributed by atoms with E-state index in [4.69, 9.17) is 10.1 Å². The highest BCUT2D eigenvalue weighted by Gasteiger charge is 2.22. The number of anilines is 1. The Kier molecular flexibility index (Phi) is 5.14. The standard InChI is InChI=1S/C20H25N7O2/c1-13(2)27-14(3)23-17-5-4-16(24-19(17)27)15-10-21-20(22-11-15)26-8-6-25(7-9-26)18(29)12-28/h4-5,10-11,13,28H,6-9,12H2,1-3H3. The lowest BCUT2D eigenvalue weighted by Gasteiger charge is -2.34. The van der Waals surface area contributed by atoms with Gasteiger partial charge in [0.2, 0.25) is 11.9 Å². The summed E-state index contributed by atoms with van der Waals surface area (Å²) in [5.74, 6) is 1.34. The summed E-state index contributed by atoms with van der Waals surface area (Å²) < 4.78 is 2.13. The SMILES string of the molecule is Cc1nc2ccc(-c3cnc(N4CCN(C(=O)CO)CC4)nc3)nc2n1C(C)C. The summed E-state index contributed by atoms with van der Waals surface area (Å²) in [6, 6.07) is 4.20. The molecule has 0 atom stereocenters. The fourth-order valence-electron chi connectivity index (χ4n) is 3.74. The number of imidazole rings is 1. The van der Waals surface area contributed by atoms with Gasteiger partial charge in [-0.05, 0) is 32.9 Å². The lowest BCUT2D eigenvalue weighted by molar-refractivity contribution is -0.134. The highest BCUT2D eigenvalue weighted by Crippen LogP contribution is 2.24. The number of pyridine rings is 1. The summed E-state index contributed by atoms with van der Waals surface area (Å²) in [4.78, 5) is 33.7. The minimum atomic E-state index is -0.447. The molecule has 9 nitrogen and oxygen atoms in total. The van der Waals surface area contributed by atoms with E-state index in [0.29, 0.717) is 32.1 Å². The van der Waals surface area contributed by atoms with Gasteiger partial charge in [-0.2, -0.15) is 0 Å². The Labute approximate surface area is 169 Å². The minimum Gasteiger partial charge on any atom is -0.387 e. The Morgan fingerprint density at radius 1 is 1.10 bits per heavy atom. The van der Waals surface area contributed by atoms with E-state index in [0.717, 1.165) is 28.2 Å². The van der Waals surface area contributed by atoms with Gasteiger partial charge in [0.1, 0.15) is 17.9 Å². The number of aliphatic hydroxyl groups excluding tert-OH is 1. The second-order valence-corrected chi connectivity index (χ2v) is 7.46. The van der Waals surface area contributed by atoms with Gasteiger partial charge >= 0.3 is 0 Å². The first kappa shape index (κ1) is 19.3. The Morgan fingerprint density at radius 3 is 2.41 bits per heavy atom. The van der Waals surface area contributed by atoms with Crippen molar-refractivity contribution in [2.24, 2.45) is 0 Å². The molecular formula is C20H25N7O2. The lowest BCUT2D eigenvalue weighted by Crippen LogP contribution is -2.50. The van der Waals surface area contributed by atoms with Gasteiger partial charge in [0.05, 0.1) is 5.69 Å². The molecule has 9 heteroatoms. The summed E-state index contributed by atoms with van der Waals surface area (Å²) in [6.45, 7) is 8.18. The quantitative estimate of drug-likeness (QED) is 0.713. The van der Waals surface area contributed by atoms with E-state index in [1.807, 2.05) is 24.0 Å². The van der Waals surface area contributed by atoms with Gasteiger partial charge in [-0.25, -0.2) is 19.9 Å². The normalized spacial score (nSPS) is 14.8. The van der Waals surface area contributed by atoms with Crippen LogP contribution in [0.5, 0.6) is 0 Å². The smallest absolute Gasteiger partial charge is 0.248 e. The first-order valence-corrected chi connectivity index (χ1v) is 9.79. The van der Waals surface area contributed by atoms with Crippen LogP contribution < -0.4 is 4.90 Å². The molecule has 0 aromatic carbocycles. The van der Waals surface area contributed by atoms with E-state index in [1.165, 1.54) is 0 Å². The van der Waals surface area contributed by atoms with Crippen molar-refractivity contribution in [3.63, 3.8) is 0 Å². The predicted molar refractivity (Wildman–Crippen MR) is 110 cm³/mol. The molecule has 3 aromatic heterocycles. The summed E-state index contributed by atoms with van der Waals surface area (Å²) in [7, 11) is 0. The van der Waals surface area contributed by atoms with Crippen LogP contribution in [0.15, 0.2) is 24.5 Å². The van der Waals surface area contributed by atoms with Crippen molar-refractivity contribution in [2.75, 3.05) is 37.7 Å². The van der Waals surface area contributed by atoms with E-state index in [-0.39, 0.29) is 11.9 Å². The number of aromatic nitrogens is 5. The van der Waals surface area contributed by atoms with E-state index < -0.39 is 6.61 Å². The van der Waals surface area contributed by atoms with E-state index in [1.54, 1.807) is 17.3 Å². The molecule has 3 aromatic rings. The Morgan fingerprint density at radius 2 is 1.79 bits per heavy atom. The van der Waals surface area contributed by atoms with Crippen molar-refractivity contribution >= 4 is 23.0 Å². The topological polar surface area (TPSA) is 100 Å². The molecule has 0 aliphatic carbocycles. The Balaban J connectivity index is 1.54. The molecule has 4 rings (SSSR count). The number of rotatable bonds is 4. The third kappa shape index (κ3) is 3.65. The van der Waals surface area contributed by atoms with Crippen LogP contribution in [-0.4, -0.2) is 73.2 Å². The molecule has 29 heavy (non-hydrogen) atoms. The molecule has 0 bridgehead atoms. The first-order chi connectivity index (χ1) is 14.0. The molecule has 152 valence electrons. The number of hydrogen-bond acceptors (Lipinski definition) is 7. The van der Waals surface area contributed by atoms with E-state index in [2.05, 4.69) is 33.4 Å². The molecule has 1 fully saturated rings.